The molecule has 0 spiro atoms. The quantitative estimate of drug-likeness (QED) is 0.399. The van der Waals surface area contributed by atoms with Gasteiger partial charge in [0.2, 0.25) is 5.95 Å². The fourth-order valence-electron chi connectivity index (χ4n) is 1.72. The third-order valence-corrected chi connectivity index (χ3v) is 2.62. The first kappa shape index (κ1) is 11.4. The summed E-state index contributed by atoms with van der Waals surface area (Å²) in [7, 11) is 0. The standard InChI is InChI=1S/C11H12N8/c12-18-11-16-9(8-6-15-19-10(8)17-11)14-5-7-2-1-3-13-4-7/h1-4,6H,5,12H2,(H3,14,15,16,17,18,19). The molecule has 0 aromatic carbocycles. The van der Waals surface area contributed by atoms with Gasteiger partial charge in [0, 0.05) is 18.9 Å². The number of rotatable bonds is 4. The highest BCUT2D eigenvalue weighted by atomic mass is 15.3. The van der Waals surface area contributed by atoms with Crippen molar-refractivity contribution in [3.05, 3.63) is 36.3 Å². The summed E-state index contributed by atoms with van der Waals surface area (Å²) in [6, 6.07) is 3.87. The molecule has 0 aliphatic heterocycles. The van der Waals surface area contributed by atoms with E-state index in [1.165, 1.54) is 0 Å². The van der Waals surface area contributed by atoms with Crippen LogP contribution < -0.4 is 16.6 Å². The van der Waals surface area contributed by atoms with Gasteiger partial charge in [-0.1, -0.05) is 6.07 Å². The SMILES string of the molecule is NNc1nc(NCc2cccnc2)c2cn[nH]c2n1. The van der Waals surface area contributed by atoms with Crippen molar-refractivity contribution >= 4 is 22.8 Å². The van der Waals surface area contributed by atoms with E-state index in [4.69, 9.17) is 5.84 Å². The molecule has 3 rings (SSSR count). The minimum atomic E-state index is 0.324. The number of aromatic amines is 1. The molecule has 0 bridgehead atoms. The second-order valence-electron chi connectivity index (χ2n) is 3.89. The molecule has 19 heavy (non-hydrogen) atoms. The second-order valence-corrected chi connectivity index (χ2v) is 3.89. The number of nitrogen functional groups attached to an aromatic ring is 1. The summed E-state index contributed by atoms with van der Waals surface area (Å²) in [4.78, 5) is 12.5. The van der Waals surface area contributed by atoms with E-state index in [1.807, 2.05) is 12.1 Å². The molecule has 0 radical (unpaired) electrons. The van der Waals surface area contributed by atoms with Gasteiger partial charge < -0.3 is 5.32 Å². The number of anilines is 2. The number of nitrogens with two attached hydrogens (primary N) is 1. The van der Waals surface area contributed by atoms with E-state index in [9.17, 15) is 0 Å². The Hall–Kier alpha value is -2.74. The lowest BCUT2D eigenvalue weighted by atomic mass is 10.3. The van der Waals surface area contributed by atoms with E-state index >= 15 is 0 Å². The second kappa shape index (κ2) is 4.86. The number of pyridine rings is 1. The molecular weight excluding hydrogens is 244 g/mol. The van der Waals surface area contributed by atoms with Crippen molar-refractivity contribution in [2.75, 3.05) is 10.7 Å². The lowest BCUT2D eigenvalue weighted by Gasteiger charge is -2.07. The largest absolute Gasteiger partial charge is 0.365 e. The van der Waals surface area contributed by atoms with Crippen LogP contribution in [0.1, 0.15) is 5.56 Å². The van der Waals surface area contributed by atoms with Crippen LogP contribution in [-0.4, -0.2) is 25.1 Å². The number of aromatic nitrogens is 5. The minimum Gasteiger partial charge on any atom is -0.365 e. The van der Waals surface area contributed by atoms with Crippen LogP contribution in [0.2, 0.25) is 0 Å². The average molecular weight is 256 g/mol. The van der Waals surface area contributed by atoms with Crippen LogP contribution in [-0.2, 0) is 6.54 Å². The number of fused-ring (bicyclic) bond motifs is 1. The summed E-state index contributed by atoms with van der Waals surface area (Å²) in [6.07, 6.45) is 5.20. The monoisotopic (exact) mass is 256 g/mol. The van der Waals surface area contributed by atoms with Crippen molar-refractivity contribution in [1.82, 2.24) is 25.1 Å². The third-order valence-electron chi connectivity index (χ3n) is 2.62. The number of nitrogens with zero attached hydrogens (tertiary/aromatic N) is 4. The fraction of sp³-hybridized carbons (Fsp3) is 0.0909. The Morgan fingerprint density at radius 3 is 3.00 bits per heavy atom. The Morgan fingerprint density at radius 1 is 1.26 bits per heavy atom. The number of hydrogen-bond acceptors (Lipinski definition) is 7. The highest BCUT2D eigenvalue weighted by Crippen LogP contribution is 2.19. The molecule has 96 valence electrons. The topological polar surface area (TPSA) is 117 Å². The maximum atomic E-state index is 5.34. The molecule has 0 fully saturated rings. The molecule has 0 saturated heterocycles. The summed E-state index contributed by atoms with van der Waals surface area (Å²) in [6.45, 7) is 0.606. The van der Waals surface area contributed by atoms with Crippen LogP contribution >= 0.6 is 0 Å². The number of nitrogens with one attached hydrogen (secondary N) is 3. The van der Waals surface area contributed by atoms with E-state index in [2.05, 4.69) is 35.9 Å². The van der Waals surface area contributed by atoms with Gasteiger partial charge in [0.1, 0.15) is 5.82 Å². The maximum absolute atomic E-state index is 5.34. The molecular formula is C11H12N8. The van der Waals surface area contributed by atoms with Gasteiger partial charge >= 0.3 is 0 Å². The maximum Gasteiger partial charge on any atom is 0.241 e. The molecule has 0 aliphatic carbocycles. The lowest BCUT2D eigenvalue weighted by Crippen LogP contribution is -2.12. The molecule has 3 heterocycles. The van der Waals surface area contributed by atoms with E-state index < -0.39 is 0 Å². The van der Waals surface area contributed by atoms with Gasteiger partial charge in [0.05, 0.1) is 11.6 Å². The van der Waals surface area contributed by atoms with E-state index in [0.717, 1.165) is 10.9 Å². The van der Waals surface area contributed by atoms with Gasteiger partial charge in [0.25, 0.3) is 0 Å². The highest BCUT2D eigenvalue weighted by Gasteiger charge is 2.08. The molecule has 0 saturated carbocycles. The van der Waals surface area contributed by atoms with Gasteiger partial charge in [-0.3, -0.25) is 15.5 Å². The molecule has 3 aromatic rings. The van der Waals surface area contributed by atoms with Crippen molar-refractivity contribution in [2.24, 2.45) is 5.84 Å². The summed E-state index contributed by atoms with van der Waals surface area (Å²) < 4.78 is 0. The number of hydrogen-bond donors (Lipinski definition) is 4. The first-order valence-electron chi connectivity index (χ1n) is 5.67. The zero-order valence-corrected chi connectivity index (χ0v) is 9.96. The van der Waals surface area contributed by atoms with Gasteiger partial charge in [0.15, 0.2) is 5.65 Å². The van der Waals surface area contributed by atoms with Crippen LogP contribution in [0.15, 0.2) is 30.7 Å². The molecule has 8 nitrogen and oxygen atoms in total. The predicted molar refractivity (Wildman–Crippen MR) is 71.1 cm³/mol. The van der Waals surface area contributed by atoms with Gasteiger partial charge in [-0.15, -0.1) is 0 Å². The van der Waals surface area contributed by atoms with Crippen molar-refractivity contribution < 1.29 is 0 Å². The van der Waals surface area contributed by atoms with Crippen LogP contribution in [0.4, 0.5) is 11.8 Å². The van der Waals surface area contributed by atoms with Crippen molar-refractivity contribution in [2.45, 2.75) is 6.54 Å². The van der Waals surface area contributed by atoms with Gasteiger partial charge in [-0.2, -0.15) is 15.1 Å². The van der Waals surface area contributed by atoms with Crippen LogP contribution in [0, 0.1) is 0 Å². The molecule has 0 unspecified atom stereocenters. The van der Waals surface area contributed by atoms with Gasteiger partial charge in [-0.05, 0) is 11.6 Å². The molecule has 8 heteroatoms. The van der Waals surface area contributed by atoms with E-state index in [1.54, 1.807) is 18.6 Å². The van der Waals surface area contributed by atoms with E-state index in [0.29, 0.717) is 24.0 Å². The Balaban J connectivity index is 1.89. The highest BCUT2D eigenvalue weighted by molar-refractivity contribution is 5.86. The molecule has 0 aliphatic rings. The number of hydrazine groups is 1. The zero-order chi connectivity index (χ0) is 13.1. The van der Waals surface area contributed by atoms with Crippen molar-refractivity contribution in [3.8, 4) is 0 Å². The first-order chi connectivity index (χ1) is 9.36. The summed E-state index contributed by atoms with van der Waals surface area (Å²) in [5.74, 6) is 6.33. The Bertz CT molecular complexity index is 677. The smallest absolute Gasteiger partial charge is 0.241 e. The summed E-state index contributed by atoms with van der Waals surface area (Å²) in [5, 5.41) is 10.8. The summed E-state index contributed by atoms with van der Waals surface area (Å²) in [5.41, 5.74) is 4.10. The Kier molecular flexibility index (Phi) is 2.91. The summed E-state index contributed by atoms with van der Waals surface area (Å²) >= 11 is 0. The van der Waals surface area contributed by atoms with Gasteiger partial charge in [-0.25, -0.2) is 5.84 Å². The molecule has 5 N–H and O–H groups in total. The lowest BCUT2D eigenvalue weighted by molar-refractivity contribution is 1.06. The average Bonchev–Trinajstić information content (AvgIpc) is 2.94. The molecule has 3 aromatic heterocycles. The van der Waals surface area contributed by atoms with Crippen LogP contribution in [0.5, 0.6) is 0 Å². The third kappa shape index (κ3) is 2.29. The predicted octanol–water partition coefficient (Wildman–Crippen LogP) is 0.646. The normalized spacial score (nSPS) is 10.6. The first-order valence-corrected chi connectivity index (χ1v) is 5.67. The molecule has 0 atom stereocenters. The zero-order valence-electron chi connectivity index (χ0n) is 9.96. The Morgan fingerprint density at radius 2 is 2.21 bits per heavy atom. The minimum absolute atomic E-state index is 0.324. The van der Waals surface area contributed by atoms with E-state index in [-0.39, 0.29) is 0 Å². The van der Waals surface area contributed by atoms with Crippen LogP contribution in [0.3, 0.4) is 0 Å². The van der Waals surface area contributed by atoms with Crippen LogP contribution in [0.25, 0.3) is 11.0 Å². The number of H-pyrrole nitrogens is 1. The van der Waals surface area contributed by atoms with Crippen molar-refractivity contribution in [3.63, 3.8) is 0 Å². The fourth-order valence-corrected chi connectivity index (χ4v) is 1.72. The Labute approximate surface area is 108 Å². The molecule has 0 amide bonds. The van der Waals surface area contributed by atoms with Crippen molar-refractivity contribution in [1.29, 1.82) is 0 Å².